The van der Waals surface area contributed by atoms with Crippen LogP contribution < -0.4 is 20.7 Å². The fraction of sp³-hybridized carbons (Fsp3) is 0.138. The Labute approximate surface area is 240 Å². The maximum Gasteiger partial charge on any atom is 0.272 e. The molecule has 0 fully saturated rings. The lowest BCUT2D eigenvalue weighted by atomic mass is 10.1. The highest BCUT2D eigenvalue weighted by Crippen LogP contribution is 2.27. The van der Waals surface area contributed by atoms with Gasteiger partial charge in [0.2, 0.25) is 11.0 Å². The van der Waals surface area contributed by atoms with Crippen molar-refractivity contribution in [2.24, 2.45) is 0 Å². The Morgan fingerprint density at radius 2 is 1.73 bits per heavy atom. The molecule has 0 aliphatic heterocycles. The largest absolute Gasteiger partial charge is 0.497 e. The molecule has 9 nitrogen and oxygen atoms in total. The Kier molecular flexibility index (Phi) is 9.66. The van der Waals surface area contributed by atoms with Crippen LogP contribution >= 0.6 is 23.1 Å². The highest BCUT2D eigenvalue weighted by Gasteiger charge is 2.18. The SMILES string of the molecule is COc1cccc(/C=C(\NC(=O)c2ccccc2)C(=O)Nc2cccc(SC(C)C(=O)Nc3nnc(C)s3)c2)c1. The maximum atomic E-state index is 13.4. The number of hydrogen-bond acceptors (Lipinski definition) is 8. The third kappa shape index (κ3) is 8.01. The van der Waals surface area contributed by atoms with Gasteiger partial charge in [-0.05, 0) is 68.0 Å². The van der Waals surface area contributed by atoms with Gasteiger partial charge < -0.3 is 15.4 Å². The van der Waals surface area contributed by atoms with Gasteiger partial charge in [0.05, 0.1) is 12.4 Å². The minimum absolute atomic E-state index is 0.0558. The Bertz CT molecular complexity index is 1540. The van der Waals surface area contributed by atoms with E-state index in [2.05, 4.69) is 26.1 Å². The zero-order valence-corrected chi connectivity index (χ0v) is 23.6. The zero-order chi connectivity index (χ0) is 28.5. The molecule has 204 valence electrons. The van der Waals surface area contributed by atoms with E-state index in [1.54, 1.807) is 86.8 Å². The summed E-state index contributed by atoms with van der Waals surface area (Å²) in [6.45, 7) is 3.60. The summed E-state index contributed by atoms with van der Waals surface area (Å²) in [5.41, 5.74) is 1.65. The number of aromatic nitrogens is 2. The number of carbonyl (C=O) groups excluding carboxylic acids is 3. The van der Waals surface area contributed by atoms with E-state index in [9.17, 15) is 14.4 Å². The van der Waals surface area contributed by atoms with Crippen molar-refractivity contribution in [1.82, 2.24) is 15.5 Å². The summed E-state index contributed by atoms with van der Waals surface area (Å²) in [7, 11) is 1.56. The second-order valence-corrected chi connectivity index (χ2v) is 11.1. The molecule has 11 heteroatoms. The first-order valence-corrected chi connectivity index (χ1v) is 13.9. The molecule has 0 bridgehead atoms. The molecule has 1 heterocycles. The number of hydrogen-bond donors (Lipinski definition) is 3. The van der Waals surface area contributed by atoms with Crippen molar-refractivity contribution >= 4 is 57.7 Å². The van der Waals surface area contributed by atoms with Crippen molar-refractivity contribution in [1.29, 1.82) is 0 Å². The number of anilines is 2. The molecule has 0 aliphatic carbocycles. The molecule has 4 rings (SSSR count). The number of carbonyl (C=O) groups is 3. The van der Waals surface area contributed by atoms with Crippen LogP contribution in [0, 0.1) is 6.92 Å². The predicted octanol–water partition coefficient (Wildman–Crippen LogP) is 5.38. The molecule has 0 aliphatic rings. The molecular weight excluding hydrogens is 546 g/mol. The van der Waals surface area contributed by atoms with Crippen LogP contribution in [0.25, 0.3) is 6.08 Å². The van der Waals surface area contributed by atoms with E-state index >= 15 is 0 Å². The van der Waals surface area contributed by atoms with Gasteiger partial charge in [0.15, 0.2) is 0 Å². The third-order valence-electron chi connectivity index (χ3n) is 5.46. The van der Waals surface area contributed by atoms with Gasteiger partial charge in [-0.3, -0.25) is 19.7 Å². The summed E-state index contributed by atoms with van der Waals surface area (Å²) >= 11 is 2.64. The molecule has 0 saturated carbocycles. The van der Waals surface area contributed by atoms with E-state index in [1.165, 1.54) is 23.1 Å². The number of amides is 3. The number of ether oxygens (including phenoxy) is 1. The van der Waals surface area contributed by atoms with Crippen LogP contribution in [0.5, 0.6) is 5.75 Å². The van der Waals surface area contributed by atoms with Crippen LogP contribution in [0.1, 0.15) is 27.9 Å². The van der Waals surface area contributed by atoms with Crippen LogP contribution in [0.4, 0.5) is 10.8 Å². The van der Waals surface area contributed by atoms with E-state index in [-0.39, 0.29) is 11.6 Å². The van der Waals surface area contributed by atoms with Gasteiger partial charge in [-0.1, -0.05) is 47.7 Å². The molecule has 1 aromatic heterocycles. The van der Waals surface area contributed by atoms with Gasteiger partial charge in [0.25, 0.3) is 11.8 Å². The number of thioether (sulfide) groups is 1. The second kappa shape index (κ2) is 13.5. The summed E-state index contributed by atoms with van der Waals surface area (Å²) < 4.78 is 5.28. The van der Waals surface area contributed by atoms with Crippen LogP contribution in [0.15, 0.2) is 89.5 Å². The van der Waals surface area contributed by atoms with Crippen molar-refractivity contribution in [3.05, 3.63) is 101 Å². The number of nitrogens with one attached hydrogen (secondary N) is 3. The Morgan fingerprint density at radius 1 is 0.950 bits per heavy atom. The normalized spacial score (nSPS) is 11.8. The monoisotopic (exact) mass is 573 g/mol. The molecule has 4 aromatic rings. The van der Waals surface area contributed by atoms with Gasteiger partial charge in [-0.2, -0.15) is 0 Å². The van der Waals surface area contributed by atoms with Gasteiger partial charge in [0, 0.05) is 16.1 Å². The smallest absolute Gasteiger partial charge is 0.272 e. The fourth-order valence-electron chi connectivity index (χ4n) is 3.50. The lowest BCUT2D eigenvalue weighted by Crippen LogP contribution is -2.30. The van der Waals surface area contributed by atoms with Crippen LogP contribution in [0.2, 0.25) is 0 Å². The summed E-state index contributed by atoms with van der Waals surface area (Å²) in [5, 5.41) is 17.0. The fourth-order valence-corrected chi connectivity index (χ4v) is 5.02. The Hall–Kier alpha value is -4.48. The first-order valence-electron chi connectivity index (χ1n) is 12.2. The zero-order valence-electron chi connectivity index (χ0n) is 22.0. The molecule has 3 N–H and O–H groups in total. The van der Waals surface area contributed by atoms with Crippen molar-refractivity contribution < 1.29 is 19.1 Å². The summed E-state index contributed by atoms with van der Waals surface area (Å²) in [6, 6.07) is 22.9. The van der Waals surface area contributed by atoms with E-state index in [0.29, 0.717) is 27.7 Å². The average molecular weight is 574 g/mol. The lowest BCUT2D eigenvalue weighted by Gasteiger charge is -2.13. The van der Waals surface area contributed by atoms with Gasteiger partial charge >= 0.3 is 0 Å². The topological polar surface area (TPSA) is 122 Å². The number of aryl methyl sites for hydroxylation is 1. The minimum Gasteiger partial charge on any atom is -0.497 e. The van der Waals surface area contributed by atoms with Gasteiger partial charge in [-0.25, -0.2) is 0 Å². The van der Waals surface area contributed by atoms with Crippen molar-refractivity contribution in [2.45, 2.75) is 24.0 Å². The average Bonchev–Trinajstić information content (AvgIpc) is 3.37. The minimum atomic E-state index is -0.508. The van der Waals surface area contributed by atoms with Gasteiger partial charge in [-0.15, -0.1) is 22.0 Å². The molecule has 0 saturated heterocycles. The highest BCUT2D eigenvalue weighted by atomic mass is 32.2. The van der Waals surface area contributed by atoms with Crippen molar-refractivity contribution in [2.75, 3.05) is 17.7 Å². The standard InChI is InChI=1S/C29H27N5O4S2/c1-18(26(35)32-29-34-33-19(2)40-29)39-24-14-8-12-22(17-24)30-28(37)25(16-20-9-7-13-23(15-20)38-3)31-27(36)21-10-5-4-6-11-21/h4-18H,1-3H3,(H,30,37)(H,31,36)(H,32,34,35)/b25-16-. The Morgan fingerprint density at radius 3 is 2.45 bits per heavy atom. The van der Waals surface area contributed by atoms with E-state index < -0.39 is 17.1 Å². The summed E-state index contributed by atoms with van der Waals surface area (Å²) in [5.74, 6) is -0.513. The van der Waals surface area contributed by atoms with E-state index in [4.69, 9.17) is 4.74 Å². The Balaban J connectivity index is 1.49. The van der Waals surface area contributed by atoms with Crippen LogP contribution in [-0.2, 0) is 9.59 Å². The second-order valence-electron chi connectivity index (χ2n) is 8.51. The quantitative estimate of drug-likeness (QED) is 0.172. The van der Waals surface area contributed by atoms with Crippen molar-refractivity contribution in [3.63, 3.8) is 0 Å². The molecule has 3 aromatic carbocycles. The van der Waals surface area contributed by atoms with Gasteiger partial charge in [0.1, 0.15) is 16.5 Å². The lowest BCUT2D eigenvalue weighted by molar-refractivity contribution is -0.115. The highest BCUT2D eigenvalue weighted by molar-refractivity contribution is 8.00. The first kappa shape index (κ1) is 28.5. The van der Waals surface area contributed by atoms with E-state index in [1.807, 2.05) is 19.1 Å². The number of nitrogens with zero attached hydrogens (tertiary/aromatic N) is 2. The summed E-state index contributed by atoms with van der Waals surface area (Å²) in [4.78, 5) is 39.6. The molecule has 3 amide bonds. The number of methoxy groups -OCH3 is 1. The molecule has 40 heavy (non-hydrogen) atoms. The third-order valence-corrected chi connectivity index (χ3v) is 7.31. The van der Waals surface area contributed by atoms with Crippen LogP contribution in [-0.4, -0.2) is 40.3 Å². The van der Waals surface area contributed by atoms with Crippen LogP contribution in [0.3, 0.4) is 0 Å². The molecular formula is C29H27N5O4S2. The first-order chi connectivity index (χ1) is 19.3. The number of benzene rings is 3. The molecule has 0 spiro atoms. The van der Waals surface area contributed by atoms with E-state index in [0.717, 1.165) is 9.90 Å². The number of rotatable bonds is 10. The maximum absolute atomic E-state index is 13.4. The molecule has 0 radical (unpaired) electrons. The molecule has 1 unspecified atom stereocenters. The molecule has 1 atom stereocenters. The predicted molar refractivity (Wildman–Crippen MR) is 159 cm³/mol. The van der Waals surface area contributed by atoms with Crippen molar-refractivity contribution in [3.8, 4) is 5.75 Å². The summed E-state index contributed by atoms with van der Waals surface area (Å²) in [6.07, 6.45) is 1.58.